The van der Waals surface area contributed by atoms with Gasteiger partial charge in [0.1, 0.15) is 6.04 Å². The number of carbonyl (C=O) groups excluding carboxylic acids is 3. The minimum Gasteiger partial charge on any atom is -0.353 e. The first-order valence-electron chi connectivity index (χ1n) is 6.32. The van der Waals surface area contributed by atoms with Crippen molar-refractivity contribution >= 4 is 29.2 Å². The smallest absolute Gasteiger partial charge is 0.289 e. The fourth-order valence-electron chi connectivity index (χ4n) is 2.27. The first kappa shape index (κ1) is 14.5. The Morgan fingerprint density at radius 1 is 1.35 bits per heavy atom. The molecule has 0 unspecified atom stereocenters. The molecule has 20 heavy (non-hydrogen) atoms. The molecule has 1 fully saturated rings. The number of carbonyl (C=O) groups is 3. The van der Waals surface area contributed by atoms with Gasteiger partial charge in [-0.1, -0.05) is 23.7 Å². The highest BCUT2D eigenvalue weighted by molar-refractivity contribution is 6.38. The van der Waals surface area contributed by atoms with Gasteiger partial charge in [-0.3, -0.25) is 14.4 Å². The molecular weight excluding hydrogens is 280 g/mol. The van der Waals surface area contributed by atoms with Crippen molar-refractivity contribution in [2.45, 2.75) is 25.4 Å². The summed E-state index contributed by atoms with van der Waals surface area (Å²) in [5, 5.41) is 2.92. The molecule has 0 aliphatic carbocycles. The summed E-state index contributed by atoms with van der Waals surface area (Å²) in [5.41, 5.74) is 0.874. The average Bonchev–Trinajstić information content (AvgIpc) is 2.81. The number of rotatable bonds is 4. The number of Topliss-reactive ketones (excluding diaryl/α,β-unsaturated/α-hetero) is 1. The minimum atomic E-state index is -0.668. The fraction of sp³-hybridized carbons (Fsp3) is 0.357. The Labute approximate surface area is 121 Å². The number of amides is 2. The van der Waals surface area contributed by atoms with Crippen LogP contribution in [-0.2, 0) is 20.9 Å². The summed E-state index contributed by atoms with van der Waals surface area (Å²) in [6.45, 7) is 0.309. The molecule has 106 valence electrons. The summed E-state index contributed by atoms with van der Waals surface area (Å²) in [4.78, 5) is 36.7. The molecule has 1 saturated heterocycles. The third kappa shape index (κ3) is 2.99. The van der Waals surface area contributed by atoms with Gasteiger partial charge in [0.2, 0.25) is 11.7 Å². The van der Waals surface area contributed by atoms with E-state index in [2.05, 4.69) is 5.32 Å². The molecule has 1 atom stereocenters. The zero-order chi connectivity index (χ0) is 14.7. The van der Waals surface area contributed by atoms with E-state index in [1.54, 1.807) is 24.3 Å². The molecular formula is C14H15ClN2O3. The van der Waals surface area contributed by atoms with E-state index in [1.165, 1.54) is 11.9 Å². The zero-order valence-corrected chi connectivity index (χ0v) is 11.8. The number of nitrogens with zero attached hydrogens (tertiary/aromatic N) is 1. The first-order chi connectivity index (χ1) is 9.52. The molecule has 0 aromatic heterocycles. The van der Waals surface area contributed by atoms with Crippen molar-refractivity contribution in [1.82, 2.24) is 10.2 Å². The second-order valence-corrected chi connectivity index (χ2v) is 5.08. The number of nitrogens with one attached hydrogen (secondary N) is 1. The van der Waals surface area contributed by atoms with Crippen LogP contribution in [0.5, 0.6) is 0 Å². The fourth-order valence-corrected chi connectivity index (χ4v) is 2.39. The molecule has 1 aliphatic heterocycles. The van der Waals surface area contributed by atoms with Crippen LogP contribution >= 0.6 is 11.6 Å². The van der Waals surface area contributed by atoms with E-state index < -0.39 is 17.7 Å². The summed E-state index contributed by atoms with van der Waals surface area (Å²) in [7, 11) is 1.40. The lowest BCUT2D eigenvalue weighted by molar-refractivity contribution is -0.142. The van der Waals surface area contributed by atoms with E-state index >= 15 is 0 Å². The number of benzene rings is 1. The van der Waals surface area contributed by atoms with Crippen LogP contribution in [0.1, 0.15) is 18.4 Å². The van der Waals surface area contributed by atoms with Crippen molar-refractivity contribution in [2.75, 3.05) is 7.05 Å². The zero-order valence-electron chi connectivity index (χ0n) is 11.1. The lowest BCUT2D eigenvalue weighted by Gasteiger charge is -2.23. The molecule has 1 aliphatic rings. The summed E-state index contributed by atoms with van der Waals surface area (Å²) < 4.78 is 0. The van der Waals surface area contributed by atoms with Crippen LogP contribution in [0.3, 0.4) is 0 Å². The van der Waals surface area contributed by atoms with E-state index in [0.29, 0.717) is 24.4 Å². The van der Waals surface area contributed by atoms with Crippen LogP contribution in [0, 0.1) is 0 Å². The van der Waals surface area contributed by atoms with E-state index in [4.69, 9.17) is 11.6 Å². The molecule has 5 nitrogen and oxygen atoms in total. The van der Waals surface area contributed by atoms with Crippen LogP contribution in [0.25, 0.3) is 0 Å². The van der Waals surface area contributed by atoms with Crippen LogP contribution in [0.2, 0.25) is 5.02 Å². The lowest BCUT2D eigenvalue weighted by atomic mass is 10.1. The number of hydrogen-bond donors (Lipinski definition) is 1. The Morgan fingerprint density at radius 2 is 2.00 bits per heavy atom. The maximum absolute atomic E-state index is 11.9. The van der Waals surface area contributed by atoms with Gasteiger partial charge in [0, 0.05) is 25.0 Å². The highest BCUT2D eigenvalue weighted by Gasteiger charge is 2.38. The van der Waals surface area contributed by atoms with Crippen LogP contribution in [0.4, 0.5) is 0 Å². The molecule has 1 N–H and O–H groups in total. The topological polar surface area (TPSA) is 66.5 Å². The quantitative estimate of drug-likeness (QED) is 0.847. The summed E-state index contributed by atoms with van der Waals surface area (Å²) in [6.07, 6.45) is 0.680. The maximum Gasteiger partial charge on any atom is 0.289 e. The molecule has 2 rings (SSSR count). The van der Waals surface area contributed by atoms with Gasteiger partial charge < -0.3 is 10.2 Å². The van der Waals surface area contributed by atoms with Gasteiger partial charge in [0.15, 0.2) is 0 Å². The summed E-state index contributed by atoms with van der Waals surface area (Å²) in [5.74, 6) is -1.33. The Hall–Kier alpha value is -1.88. The molecule has 0 bridgehead atoms. The van der Waals surface area contributed by atoms with Crippen LogP contribution in [0.15, 0.2) is 24.3 Å². The Morgan fingerprint density at radius 3 is 2.60 bits per heavy atom. The van der Waals surface area contributed by atoms with Gasteiger partial charge >= 0.3 is 0 Å². The molecule has 0 saturated carbocycles. The number of ketones is 1. The highest BCUT2D eigenvalue weighted by atomic mass is 35.5. The predicted octanol–water partition coefficient (Wildman–Crippen LogP) is 1.15. The van der Waals surface area contributed by atoms with Gasteiger partial charge in [-0.25, -0.2) is 0 Å². The molecule has 1 aromatic rings. The van der Waals surface area contributed by atoms with Crippen molar-refractivity contribution < 1.29 is 14.4 Å². The van der Waals surface area contributed by atoms with E-state index in [0.717, 1.165) is 5.56 Å². The molecule has 6 heteroatoms. The third-order valence-electron chi connectivity index (χ3n) is 3.35. The Kier molecular flexibility index (Phi) is 4.39. The predicted molar refractivity (Wildman–Crippen MR) is 74.1 cm³/mol. The van der Waals surface area contributed by atoms with Crippen LogP contribution < -0.4 is 5.32 Å². The normalized spacial score (nSPS) is 18.2. The minimum absolute atomic E-state index is 0.109. The molecule has 1 heterocycles. The van der Waals surface area contributed by atoms with Gasteiger partial charge in [0.25, 0.3) is 5.91 Å². The second kappa shape index (κ2) is 6.05. The Balaban J connectivity index is 2.14. The first-order valence-corrected chi connectivity index (χ1v) is 6.70. The molecule has 2 amide bonds. The van der Waals surface area contributed by atoms with Gasteiger partial charge in [0.05, 0.1) is 0 Å². The standard InChI is InChI=1S/C14H15ClN2O3/c1-16-14(20)13(19)11-6-7-12(18)17(11)8-9-2-4-10(15)5-3-9/h2-5,11H,6-8H2,1H3,(H,16,20)/t11-/m1/s1. The number of likely N-dealkylation sites (tertiary alicyclic amines) is 1. The van der Waals surface area contributed by atoms with Crippen molar-refractivity contribution in [2.24, 2.45) is 0 Å². The SMILES string of the molecule is CNC(=O)C(=O)[C@H]1CCC(=O)N1Cc1ccc(Cl)cc1. The number of likely N-dealkylation sites (N-methyl/N-ethyl adjacent to an activating group) is 1. The van der Waals surface area contributed by atoms with Crippen molar-refractivity contribution in [3.63, 3.8) is 0 Å². The van der Waals surface area contributed by atoms with Crippen molar-refractivity contribution in [3.8, 4) is 0 Å². The van der Waals surface area contributed by atoms with Gasteiger partial charge in [-0.05, 0) is 24.1 Å². The number of hydrogen-bond acceptors (Lipinski definition) is 3. The summed E-state index contributed by atoms with van der Waals surface area (Å²) >= 11 is 5.81. The maximum atomic E-state index is 11.9. The van der Waals surface area contributed by atoms with E-state index in [-0.39, 0.29) is 5.91 Å². The highest BCUT2D eigenvalue weighted by Crippen LogP contribution is 2.23. The van der Waals surface area contributed by atoms with Crippen molar-refractivity contribution in [3.05, 3.63) is 34.9 Å². The number of halogens is 1. The Bertz CT molecular complexity index is 542. The third-order valence-corrected chi connectivity index (χ3v) is 3.60. The average molecular weight is 295 g/mol. The molecule has 0 spiro atoms. The van der Waals surface area contributed by atoms with Gasteiger partial charge in [-0.2, -0.15) is 0 Å². The van der Waals surface area contributed by atoms with E-state index in [9.17, 15) is 14.4 Å². The lowest BCUT2D eigenvalue weighted by Crippen LogP contribution is -2.44. The van der Waals surface area contributed by atoms with Crippen molar-refractivity contribution in [1.29, 1.82) is 0 Å². The second-order valence-electron chi connectivity index (χ2n) is 4.65. The largest absolute Gasteiger partial charge is 0.353 e. The monoisotopic (exact) mass is 294 g/mol. The van der Waals surface area contributed by atoms with Crippen LogP contribution in [-0.4, -0.2) is 35.6 Å². The molecule has 1 aromatic carbocycles. The molecule has 0 radical (unpaired) electrons. The van der Waals surface area contributed by atoms with E-state index in [1.807, 2.05) is 0 Å². The van der Waals surface area contributed by atoms with Gasteiger partial charge in [-0.15, -0.1) is 0 Å². The summed E-state index contributed by atoms with van der Waals surface area (Å²) in [6, 6.07) is 6.39.